The van der Waals surface area contributed by atoms with Crippen molar-refractivity contribution in [2.45, 2.75) is 208 Å². The van der Waals surface area contributed by atoms with Gasteiger partial charge in [0, 0.05) is 65.2 Å². The molecular weight excluding hydrogens is 576 g/mol. The van der Waals surface area contributed by atoms with Gasteiger partial charge in [-0.05, 0) is 38.5 Å². The summed E-state index contributed by atoms with van der Waals surface area (Å²) in [4.78, 5) is 7.17. The van der Waals surface area contributed by atoms with E-state index in [1.54, 1.807) is 0 Å². The molecule has 8 rings (SSSR count). The smallest absolute Gasteiger partial charge is 0.223 e. The maximum Gasteiger partial charge on any atom is 0.223 e. The normalized spacial score (nSPS) is 48.2. The van der Waals surface area contributed by atoms with E-state index in [1.165, 1.54) is 19.3 Å². The van der Waals surface area contributed by atoms with E-state index in [0.717, 1.165) is 64.2 Å². The predicted octanol–water partition coefficient (Wildman–Crippen LogP) is 5.13. The summed E-state index contributed by atoms with van der Waals surface area (Å²) >= 11 is 0. The van der Waals surface area contributed by atoms with Crippen LogP contribution >= 0.6 is 0 Å². The summed E-state index contributed by atoms with van der Waals surface area (Å²) in [5.74, 6) is -0.347. The Bertz CT molecular complexity index is 1140. The van der Waals surface area contributed by atoms with E-state index < -0.39 is 17.8 Å². The number of ether oxygens (including phenoxy) is 6. The number of rotatable bonds is 4. The summed E-state index contributed by atoms with van der Waals surface area (Å²) in [5.41, 5.74) is -0.645. The highest BCUT2D eigenvalue weighted by atomic mass is 16.8. The zero-order chi connectivity index (χ0) is 30.7. The summed E-state index contributed by atoms with van der Waals surface area (Å²) in [6.45, 7) is 18.2. The third-order valence-corrected chi connectivity index (χ3v) is 11.8. The number of nitrogens with zero attached hydrogens (tertiary/aromatic N) is 2. The summed E-state index contributed by atoms with van der Waals surface area (Å²) in [7, 11) is 0. The zero-order valence-electron chi connectivity index (χ0n) is 26.3. The predicted molar refractivity (Wildman–Crippen MR) is 165 cm³/mol. The van der Waals surface area contributed by atoms with Gasteiger partial charge in [0.05, 0.1) is 60.0 Å². The van der Waals surface area contributed by atoms with Crippen molar-refractivity contribution in [2.24, 2.45) is 0 Å². The average Bonchev–Trinajstić information content (AvgIpc) is 3.64. The zero-order valence-corrected chi connectivity index (χ0v) is 26.3. The van der Waals surface area contributed by atoms with Crippen LogP contribution in [0.15, 0.2) is 0 Å². The fourth-order valence-corrected chi connectivity index (χ4v) is 9.75. The highest BCUT2D eigenvalue weighted by Gasteiger charge is 2.65. The van der Waals surface area contributed by atoms with Crippen molar-refractivity contribution in [3.05, 3.63) is 22.8 Å². The molecular formula is C35H54N2O8. The van der Waals surface area contributed by atoms with Gasteiger partial charge in [0.1, 0.15) is 12.2 Å². The summed E-state index contributed by atoms with van der Waals surface area (Å²) in [6, 6.07) is -0.000785. The molecule has 5 aliphatic heterocycles. The third kappa shape index (κ3) is 6.20. The van der Waals surface area contributed by atoms with Crippen molar-refractivity contribution < 1.29 is 38.6 Å². The van der Waals surface area contributed by atoms with Gasteiger partial charge in [0.15, 0.2) is 5.79 Å². The van der Waals surface area contributed by atoms with Crippen molar-refractivity contribution in [1.29, 1.82) is 0 Å². The monoisotopic (exact) mass is 630 g/mol. The van der Waals surface area contributed by atoms with Crippen LogP contribution in [0.25, 0.3) is 9.69 Å². The van der Waals surface area contributed by atoms with Gasteiger partial charge in [0.25, 0.3) is 0 Å². The first-order valence-electron chi connectivity index (χ1n) is 17.3. The number of hydrogen-bond donors (Lipinski definition) is 2. The summed E-state index contributed by atoms with van der Waals surface area (Å²) in [5, 5.41) is 19.8. The minimum atomic E-state index is -0.791. The molecule has 3 aliphatic carbocycles. The van der Waals surface area contributed by atoms with Crippen LogP contribution in [-0.2, 0) is 28.4 Å². The molecule has 8 fully saturated rings. The third-order valence-electron chi connectivity index (χ3n) is 11.8. The maximum atomic E-state index is 9.95. The van der Waals surface area contributed by atoms with E-state index in [1.807, 2.05) is 13.8 Å². The highest BCUT2D eigenvalue weighted by molar-refractivity contribution is 5.13. The lowest BCUT2D eigenvalue weighted by Gasteiger charge is -2.44. The Morgan fingerprint density at radius 1 is 0.689 bits per heavy atom. The minimum Gasteiger partial charge on any atom is -0.390 e. The molecule has 3 spiro atoms. The van der Waals surface area contributed by atoms with E-state index in [2.05, 4.69) is 9.69 Å². The quantitative estimate of drug-likeness (QED) is 0.412. The van der Waals surface area contributed by atoms with E-state index in [0.29, 0.717) is 12.8 Å². The van der Waals surface area contributed by atoms with Crippen LogP contribution in [-0.4, -0.2) is 100 Å². The van der Waals surface area contributed by atoms with Crippen LogP contribution in [0.1, 0.15) is 118 Å². The topological polar surface area (TPSA) is 105 Å². The number of aliphatic hydroxyl groups excluding tert-OH is 2. The lowest BCUT2D eigenvalue weighted by atomic mass is 9.76. The molecule has 0 amide bonds. The van der Waals surface area contributed by atoms with Crippen molar-refractivity contribution in [2.75, 3.05) is 0 Å². The second-order valence-corrected chi connectivity index (χ2v) is 15.1. The number of hydrogen-bond acceptors (Lipinski definition) is 8. The molecule has 10 heteroatoms. The fourth-order valence-electron chi connectivity index (χ4n) is 9.75. The summed E-state index contributed by atoms with van der Waals surface area (Å²) in [6.07, 6.45) is 12.9. The number of aliphatic hydroxyl groups is 2. The van der Waals surface area contributed by atoms with E-state index >= 15 is 0 Å². The molecule has 0 aromatic heterocycles. The number of fused-ring (bicyclic) bond motifs is 4. The molecule has 4 bridgehead atoms. The van der Waals surface area contributed by atoms with Gasteiger partial charge < -0.3 is 48.3 Å². The van der Waals surface area contributed by atoms with Crippen molar-refractivity contribution in [1.82, 2.24) is 0 Å². The molecule has 2 N–H and O–H groups in total. The van der Waals surface area contributed by atoms with Crippen LogP contribution in [0, 0.1) is 13.1 Å². The second kappa shape index (κ2) is 12.9. The van der Waals surface area contributed by atoms with Crippen molar-refractivity contribution in [3.8, 4) is 0 Å². The Kier molecular flexibility index (Phi) is 9.64. The highest BCUT2D eigenvalue weighted by Crippen LogP contribution is 2.55. The van der Waals surface area contributed by atoms with Gasteiger partial charge in [-0.15, -0.1) is 0 Å². The second-order valence-electron chi connectivity index (χ2n) is 15.1. The molecule has 0 aromatic rings. The standard InChI is InChI=1S/C20H29NO4.C14H21NO4.CH4/c1-13(21-2)10-14-6-7-17-19(23-14)11-15(22-17)18-16(12-19)24-20(25-18)8-4-3-5-9-20;1-8(15-2)5-9-3-4-12-14(19-9)6-10(16)13(17)11(7-14)18-12;/h13-18H,3-12H2,1H3;8-13,16-17H,3-7H2,1H3;1H4/t13-,14-,15-,16-,17+,18?,19-;8-,9-,10-,11-,12+,13-,14+;/m11./s1. The Labute approximate surface area is 269 Å². The molecule has 1 unspecified atom stereocenters. The van der Waals surface area contributed by atoms with Gasteiger partial charge in [-0.3, -0.25) is 0 Å². The van der Waals surface area contributed by atoms with E-state index in [4.69, 9.17) is 41.6 Å². The Balaban J connectivity index is 0.000000161. The fraction of sp³-hybridized carbons (Fsp3) is 0.943. The molecule has 0 aromatic carbocycles. The Morgan fingerprint density at radius 2 is 1.22 bits per heavy atom. The van der Waals surface area contributed by atoms with Crippen LogP contribution in [0.4, 0.5) is 0 Å². The van der Waals surface area contributed by atoms with E-state index in [9.17, 15) is 10.2 Å². The van der Waals surface area contributed by atoms with Gasteiger partial charge >= 0.3 is 0 Å². The van der Waals surface area contributed by atoms with Gasteiger partial charge in [-0.25, -0.2) is 13.1 Å². The van der Waals surface area contributed by atoms with Crippen LogP contribution in [0.3, 0.4) is 0 Å². The summed E-state index contributed by atoms with van der Waals surface area (Å²) < 4.78 is 38.1. The molecule has 5 heterocycles. The molecule has 10 nitrogen and oxygen atoms in total. The minimum absolute atomic E-state index is 0. The Hall–Kier alpha value is -1.34. The average molecular weight is 631 g/mol. The lowest BCUT2D eigenvalue weighted by Crippen LogP contribution is -2.54. The van der Waals surface area contributed by atoms with Crippen LogP contribution in [0.2, 0.25) is 0 Å². The molecule has 252 valence electrons. The van der Waals surface area contributed by atoms with E-state index in [-0.39, 0.29) is 79.7 Å². The first kappa shape index (κ1) is 33.6. The lowest BCUT2D eigenvalue weighted by molar-refractivity contribution is -0.215. The molecule has 14 atom stereocenters. The molecule has 45 heavy (non-hydrogen) atoms. The van der Waals surface area contributed by atoms with Crippen LogP contribution in [0.5, 0.6) is 0 Å². The van der Waals surface area contributed by atoms with Crippen LogP contribution < -0.4 is 0 Å². The molecule has 5 saturated heterocycles. The first-order valence-corrected chi connectivity index (χ1v) is 17.3. The van der Waals surface area contributed by atoms with Gasteiger partial charge in [0.2, 0.25) is 12.1 Å². The maximum absolute atomic E-state index is 9.95. The largest absolute Gasteiger partial charge is 0.390 e. The molecule has 0 radical (unpaired) electrons. The van der Waals surface area contributed by atoms with Crippen molar-refractivity contribution >= 4 is 0 Å². The molecule has 3 saturated carbocycles. The van der Waals surface area contributed by atoms with Gasteiger partial charge in [-0.2, -0.15) is 0 Å². The van der Waals surface area contributed by atoms with Crippen molar-refractivity contribution in [3.63, 3.8) is 0 Å². The van der Waals surface area contributed by atoms with Gasteiger partial charge in [-0.1, -0.05) is 13.8 Å². The SMILES string of the molecule is C.[C-]#[N+][C@H](C)C[C@H]1CC[C@@H]2O[C@@H]3C[C@]2(C[C@@H](O)[C@H]3O)O1.[C-]#[N+][C@H](C)C[C@H]1CC[C@@H]2O[C@@H]3C[C@]2(C[C@H]2OC4(CCCCC4)OC32)O1. The Morgan fingerprint density at radius 3 is 1.82 bits per heavy atom. The first-order chi connectivity index (χ1) is 21.2. The molecule has 8 aliphatic rings.